The van der Waals surface area contributed by atoms with E-state index in [9.17, 15) is 4.79 Å². The van der Waals surface area contributed by atoms with Crippen molar-refractivity contribution in [1.82, 2.24) is 0 Å². The highest BCUT2D eigenvalue weighted by molar-refractivity contribution is 6.32. The van der Waals surface area contributed by atoms with E-state index in [4.69, 9.17) is 16.7 Å². The molecular formula is C7H5ClO3. The molecule has 0 unspecified atom stereocenters. The van der Waals surface area contributed by atoms with Gasteiger partial charge in [-0.15, -0.1) is 0 Å². The molecule has 0 saturated heterocycles. The lowest BCUT2D eigenvalue weighted by Gasteiger charge is -1.99. The summed E-state index contributed by atoms with van der Waals surface area (Å²) in [6, 6.07) is 6.37. The third kappa shape index (κ3) is 2.13. The molecule has 4 heteroatoms. The molecule has 0 aliphatic heterocycles. The molecule has 1 rings (SSSR count). The van der Waals surface area contributed by atoms with E-state index in [-0.39, 0.29) is 10.8 Å². The average Bonchev–Trinajstić information content (AvgIpc) is 1.93. The molecule has 0 atom stereocenters. The third-order valence-electron chi connectivity index (χ3n) is 1.03. The summed E-state index contributed by atoms with van der Waals surface area (Å²) in [4.78, 5) is 10.0. The van der Waals surface area contributed by atoms with Crippen LogP contribution in [0.1, 0.15) is 0 Å². The molecule has 0 aromatic heterocycles. The van der Waals surface area contributed by atoms with Gasteiger partial charge in [0.05, 0.1) is 5.02 Å². The Morgan fingerprint density at radius 1 is 1.45 bits per heavy atom. The first-order valence-electron chi connectivity index (χ1n) is 2.85. The summed E-state index contributed by atoms with van der Waals surface area (Å²) in [7, 11) is 0. The fraction of sp³-hybridized carbons (Fsp3) is 0. The van der Waals surface area contributed by atoms with Crippen molar-refractivity contribution < 1.29 is 14.6 Å². The van der Waals surface area contributed by atoms with Gasteiger partial charge in [-0.05, 0) is 12.1 Å². The fourth-order valence-corrected chi connectivity index (χ4v) is 0.796. The smallest absolute Gasteiger partial charge is 0.449 e. The molecule has 0 saturated carbocycles. The van der Waals surface area contributed by atoms with Crippen LogP contribution in [0.15, 0.2) is 24.3 Å². The van der Waals surface area contributed by atoms with E-state index in [0.29, 0.717) is 0 Å². The van der Waals surface area contributed by atoms with E-state index >= 15 is 0 Å². The first-order valence-corrected chi connectivity index (χ1v) is 3.23. The highest BCUT2D eigenvalue weighted by Crippen LogP contribution is 2.22. The first kappa shape index (κ1) is 7.88. The van der Waals surface area contributed by atoms with E-state index in [1.807, 2.05) is 0 Å². The number of para-hydroxylation sites is 1. The quantitative estimate of drug-likeness (QED) is 0.523. The molecule has 0 heterocycles. The van der Waals surface area contributed by atoms with Gasteiger partial charge in [-0.3, -0.25) is 0 Å². The van der Waals surface area contributed by atoms with Gasteiger partial charge in [-0.1, -0.05) is 23.7 Å². The van der Waals surface area contributed by atoms with Crippen LogP contribution >= 0.6 is 11.6 Å². The lowest BCUT2D eigenvalue weighted by Crippen LogP contribution is -2.02. The zero-order chi connectivity index (χ0) is 8.27. The summed E-state index contributed by atoms with van der Waals surface area (Å²) in [5.74, 6) is 0.154. The van der Waals surface area contributed by atoms with Crippen LogP contribution < -0.4 is 4.74 Å². The minimum absolute atomic E-state index is 0.154. The summed E-state index contributed by atoms with van der Waals surface area (Å²) in [5, 5.41) is 8.50. The number of hydrogen-bond acceptors (Lipinski definition) is 2. The maximum absolute atomic E-state index is 10.0. The molecule has 0 aliphatic carbocycles. The van der Waals surface area contributed by atoms with E-state index in [0.717, 1.165) is 0 Å². The fourth-order valence-electron chi connectivity index (χ4n) is 0.622. The summed E-state index contributed by atoms with van der Waals surface area (Å²) in [6.45, 7) is 0. The topological polar surface area (TPSA) is 46.5 Å². The number of carbonyl (C=O) groups is 1. The standard InChI is InChI=1S/C7H5ClO3/c8-5-3-1-2-4-6(5)11-7(9)10/h1-4H,(H,9,10). The highest BCUT2D eigenvalue weighted by atomic mass is 35.5. The van der Waals surface area contributed by atoms with E-state index in [2.05, 4.69) is 4.74 Å². The predicted octanol–water partition coefficient (Wildman–Crippen LogP) is 2.40. The highest BCUT2D eigenvalue weighted by Gasteiger charge is 2.03. The molecule has 1 aromatic rings. The van der Waals surface area contributed by atoms with Crippen molar-refractivity contribution in [2.24, 2.45) is 0 Å². The van der Waals surface area contributed by atoms with Gasteiger partial charge in [-0.25, -0.2) is 4.79 Å². The molecular weight excluding hydrogens is 168 g/mol. The molecule has 58 valence electrons. The van der Waals surface area contributed by atoms with Crippen LogP contribution in [0.3, 0.4) is 0 Å². The van der Waals surface area contributed by atoms with Crippen LogP contribution in [0.4, 0.5) is 4.79 Å². The van der Waals surface area contributed by atoms with Crippen molar-refractivity contribution in [3.05, 3.63) is 29.3 Å². The van der Waals surface area contributed by atoms with Gasteiger partial charge in [0.25, 0.3) is 0 Å². The Bertz CT molecular complexity index is 272. The zero-order valence-electron chi connectivity index (χ0n) is 5.45. The number of hydrogen-bond donors (Lipinski definition) is 1. The minimum Gasteiger partial charge on any atom is -0.449 e. The van der Waals surface area contributed by atoms with E-state index < -0.39 is 6.16 Å². The van der Waals surface area contributed by atoms with Crippen molar-refractivity contribution in [2.45, 2.75) is 0 Å². The Kier molecular flexibility index (Phi) is 2.33. The molecule has 0 amide bonds. The lowest BCUT2D eigenvalue weighted by atomic mass is 10.3. The molecule has 1 aromatic carbocycles. The van der Waals surface area contributed by atoms with Crippen LogP contribution in [-0.2, 0) is 0 Å². The minimum atomic E-state index is -1.36. The van der Waals surface area contributed by atoms with Crippen LogP contribution in [-0.4, -0.2) is 11.3 Å². The van der Waals surface area contributed by atoms with Crippen LogP contribution in [0.25, 0.3) is 0 Å². The number of rotatable bonds is 1. The molecule has 0 radical (unpaired) electrons. The maximum atomic E-state index is 10.0. The van der Waals surface area contributed by atoms with E-state index in [1.54, 1.807) is 18.2 Å². The molecule has 0 fully saturated rings. The lowest BCUT2D eigenvalue weighted by molar-refractivity contribution is 0.144. The van der Waals surface area contributed by atoms with Crippen molar-refractivity contribution in [1.29, 1.82) is 0 Å². The molecule has 3 nitrogen and oxygen atoms in total. The van der Waals surface area contributed by atoms with Crippen molar-refractivity contribution in [2.75, 3.05) is 0 Å². The first-order chi connectivity index (χ1) is 5.20. The molecule has 0 aliphatic rings. The number of carboxylic acid groups (broad SMARTS) is 1. The predicted molar refractivity (Wildman–Crippen MR) is 40.1 cm³/mol. The van der Waals surface area contributed by atoms with Crippen LogP contribution in [0, 0.1) is 0 Å². The second-order valence-corrected chi connectivity index (χ2v) is 2.21. The largest absolute Gasteiger partial charge is 0.511 e. The van der Waals surface area contributed by atoms with Crippen molar-refractivity contribution in [3.8, 4) is 5.75 Å². The summed E-state index contributed by atoms with van der Waals surface area (Å²) in [5.41, 5.74) is 0. The molecule has 0 spiro atoms. The van der Waals surface area contributed by atoms with Gasteiger partial charge in [0, 0.05) is 0 Å². The normalized spacial score (nSPS) is 9.18. The van der Waals surface area contributed by atoms with Gasteiger partial charge >= 0.3 is 6.16 Å². The monoisotopic (exact) mass is 172 g/mol. The second-order valence-electron chi connectivity index (χ2n) is 1.80. The van der Waals surface area contributed by atoms with Gasteiger partial charge in [-0.2, -0.15) is 0 Å². The van der Waals surface area contributed by atoms with Crippen molar-refractivity contribution >= 4 is 17.8 Å². The Hall–Kier alpha value is -1.22. The van der Waals surface area contributed by atoms with Gasteiger partial charge in [0.15, 0.2) is 5.75 Å². The van der Waals surface area contributed by atoms with Crippen molar-refractivity contribution in [3.63, 3.8) is 0 Å². The van der Waals surface area contributed by atoms with Gasteiger partial charge in [0.1, 0.15) is 0 Å². The second kappa shape index (κ2) is 3.25. The third-order valence-corrected chi connectivity index (χ3v) is 1.35. The summed E-state index contributed by atoms with van der Waals surface area (Å²) >= 11 is 5.58. The van der Waals surface area contributed by atoms with E-state index in [1.165, 1.54) is 6.07 Å². The molecule has 1 N–H and O–H groups in total. The SMILES string of the molecule is O=C(O)Oc1ccccc1Cl. The Labute approximate surface area is 68.2 Å². The number of ether oxygens (including phenoxy) is 1. The van der Waals surface area contributed by atoms with Crippen LogP contribution in [0.2, 0.25) is 5.02 Å². The van der Waals surface area contributed by atoms with Gasteiger partial charge in [0.2, 0.25) is 0 Å². The number of halogens is 1. The average molecular weight is 173 g/mol. The zero-order valence-corrected chi connectivity index (χ0v) is 6.21. The van der Waals surface area contributed by atoms with Gasteiger partial charge < -0.3 is 9.84 Å². The Morgan fingerprint density at radius 3 is 2.64 bits per heavy atom. The summed E-state index contributed by atoms with van der Waals surface area (Å²) in [6.07, 6.45) is -1.36. The number of benzene rings is 1. The molecule has 11 heavy (non-hydrogen) atoms. The Balaban J connectivity index is 2.86. The van der Waals surface area contributed by atoms with Crippen LogP contribution in [0.5, 0.6) is 5.75 Å². The maximum Gasteiger partial charge on any atom is 0.511 e. The molecule has 0 bridgehead atoms. The summed E-state index contributed by atoms with van der Waals surface area (Å²) < 4.78 is 4.33. The Morgan fingerprint density at radius 2 is 2.09 bits per heavy atom.